The number of anilines is 2. The minimum absolute atomic E-state index is 0.0777. The third-order valence-electron chi connectivity index (χ3n) is 3.32. The van der Waals surface area contributed by atoms with Gasteiger partial charge in [-0.25, -0.2) is 9.37 Å². The van der Waals surface area contributed by atoms with E-state index in [9.17, 15) is 22.4 Å². The van der Waals surface area contributed by atoms with Crippen LogP contribution >= 0.6 is 0 Å². The molecular formula is C15H15F4N5O. The molecule has 0 spiro atoms. The van der Waals surface area contributed by atoms with Crippen LogP contribution in [-0.4, -0.2) is 24.0 Å². The summed E-state index contributed by atoms with van der Waals surface area (Å²) < 4.78 is 53.0. The van der Waals surface area contributed by atoms with Crippen LogP contribution < -0.4 is 22.5 Å². The average molecular weight is 357 g/mol. The molecule has 0 fully saturated rings. The van der Waals surface area contributed by atoms with Gasteiger partial charge in [0.2, 0.25) is 0 Å². The molecule has 2 aromatic rings. The number of carbonyl (C=O) groups excluding carboxylic acids is 1. The van der Waals surface area contributed by atoms with Crippen molar-refractivity contribution in [1.29, 1.82) is 0 Å². The van der Waals surface area contributed by atoms with Crippen molar-refractivity contribution < 1.29 is 22.4 Å². The van der Waals surface area contributed by atoms with Crippen molar-refractivity contribution in [1.82, 2.24) is 4.98 Å². The molecule has 1 aromatic carbocycles. The van der Waals surface area contributed by atoms with Crippen molar-refractivity contribution in [2.75, 3.05) is 24.1 Å². The second-order valence-electron chi connectivity index (χ2n) is 5.07. The van der Waals surface area contributed by atoms with Crippen LogP contribution in [-0.2, 0) is 6.18 Å². The van der Waals surface area contributed by atoms with Crippen molar-refractivity contribution >= 4 is 17.4 Å². The molecule has 0 aliphatic heterocycles. The highest BCUT2D eigenvalue weighted by molar-refractivity contribution is 6.04. The Morgan fingerprint density at radius 2 is 1.96 bits per heavy atom. The number of halogens is 4. The van der Waals surface area contributed by atoms with E-state index in [0.717, 1.165) is 18.2 Å². The lowest BCUT2D eigenvalue weighted by atomic mass is 10.0. The molecule has 0 saturated heterocycles. The maximum absolute atomic E-state index is 14.2. The molecule has 0 radical (unpaired) electrons. The van der Waals surface area contributed by atoms with Gasteiger partial charge in [-0.3, -0.25) is 4.79 Å². The van der Waals surface area contributed by atoms with E-state index >= 15 is 0 Å². The molecule has 1 aromatic heterocycles. The van der Waals surface area contributed by atoms with Crippen LogP contribution in [0.3, 0.4) is 0 Å². The molecule has 7 N–H and O–H groups in total. The largest absolute Gasteiger partial charge is 0.416 e. The summed E-state index contributed by atoms with van der Waals surface area (Å²) in [5, 5.41) is 2.56. The minimum Gasteiger partial charge on any atom is -0.396 e. The highest BCUT2D eigenvalue weighted by Crippen LogP contribution is 2.35. The second kappa shape index (κ2) is 6.93. The highest BCUT2D eigenvalue weighted by Gasteiger charge is 2.31. The summed E-state index contributed by atoms with van der Waals surface area (Å²) in [5.74, 6) is -2.47. The van der Waals surface area contributed by atoms with E-state index in [4.69, 9.17) is 17.2 Å². The summed E-state index contributed by atoms with van der Waals surface area (Å²) in [4.78, 5) is 15.5. The summed E-state index contributed by atoms with van der Waals surface area (Å²) in [6.07, 6.45) is -4.60. The number of nitrogens with zero attached hydrogens (tertiary/aromatic N) is 1. The second-order valence-corrected chi connectivity index (χ2v) is 5.07. The Bertz CT molecular complexity index is 807. The molecular weight excluding hydrogens is 342 g/mol. The van der Waals surface area contributed by atoms with Gasteiger partial charge in [0.1, 0.15) is 0 Å². The number of nitrogens with one attached hydrogen (secondary N) is 1. The molecule has 0 bridgehead atoms. The van der Waals surface area contributed by atoms with Gasteiger partial charge in [-0.15, -0.1) is 0 Å². The Morgan fingerprint density at radius 3 is 2.52 bits per heavy atom. The van der Waals surface area contributed by atoms with Gasteiger partial charge < -0.3 is 22.5 Å². The average Bonchev–Trinajstić information content (AvgIpc) is 2.55. The predicted molar refractivity (Wildman–Crippen MR) is 85.1 cm³/mol. The first kappa shape index (κ1) is 18.5. The Hall–Kier alpha value is -2.88. The molecule has 6 nitrogen and oxygen atoms in total. The van der Waals surface area contributed by atoms with Crippen LogP contribution in [0.5, 0.6) is 0 Å². The van der Waals surface area contributed by atoms with Crippen LogP contribution in [0.25, 0.3) is 11.3 Å². The Morgan fingerprint density at radius 1 is 1.28 bits per heavy atom. The van der Waals surface area contributed by atoms with Gasteiger partial charge in [-0.05, 0) is 12.1 Å². The maximum Gasteiger partial charge on any atom is 0.416 e. The molecule has 0 atom stereocenters. The fourth-order valence-electron chi connectivity index (χ4n) is 2.19. The summed E-state index contributed by atoms with van der Waals surface area (Å²) in [7, 11) is 0. The SMILES string of the molecule is NCCNc1nc(-c2cccc(C(F)(F)F)c2)c(C(N)=O)c(N)c1F. The van der Waals surface area contributed by atoms with E-state index in [-0.39, 0.29) is 30.2 Å². The van der Waals surface area contributed by atoms with Gasteiger partial charge in [0, 0.05) is 18.7 Å². The lowest BCUT2D eigenvalue weighted by Crippen LogP contribution is -2.20. The van der Waals surface area contributed by atoms with E-state index in [1.54, 1.807) is 0 Å². The number of aromatic nitrogens is 1. The summed E-state index contributed by atoms with van der Waals surface area (Å²) in [5.41, 5.74) is 13.8. The van der Waals surface area contributed by atoms with Crippen molar-refractivity contribution in [3.8, 4) is 11.3 Å². The van der Waals surface area contributed by atoms with Crippen molar-refractivity contribution in [3.05, 3.63) is 41.2 Å². The molecule has 1 heterocycles. The first-order valence-corrected chi connectivity index (χ1v) is 7.07. The quantitative estimate of drug-likeness (QED) is 0.610. The first-order chi connectivity index (χ1) is 11.7. The molecule has 10 heteroatoms. The van der Waals surface area contributed by atoms with Gasteiger partial charge in [-0.2, -0.15) is 13.2 Å². The van der Waals surface area contributed by atoms with Crippen molar-refractivity contribution in [3.63, 3.8) is 0 Å². The van der Waals surface area contributed by atoms with E-state index < -0.39 is 34.7 Å². The summed E-state index contributed by atoms with van der Waals surface area (Å²) in [6, 6.07) is 4.05. The standard InChI is InChI=1S/C15H15F4N5O/c16-10-11(21)9(13(22)25)12(24-14(10)23-5-4-20)7-2-1-3-8(6-7)15(17,18)19/h1-3,6H,4-5,20H2,(H2,22,25)(H3,21,23,24). The number of nitrogen functional groups attached to an aromatic ring is 1. The number of amides is 1. The Labute approximate surface area is 140 Å². The van der Waals surface area contributed by atoms with E-state index in [1.807, 2.05) is 0 Å². The first-order valence-electron chi connectivity index (χ1n) is 7.07. The lowest BCUT2D eigenvalue weighted by Gasteiger charge is -2.15. The van der Waals surface area contributed by atoms with Gasteiger partial charge in [-0.1, -0.05) is 12.1 Å². The molecule has 25 heavy (non-hydrogen) atoms. The number of hydrogen-bond acceptors (Lipinski definition) is 5. The minimum atomic E-state index is -4.60. The van der Waals surface area contributed by atoms with E-state index in [1.165, 1.54) is 6.07 Å². The van der Waals surface area contributed by atoms with Crippen LogP contribution in [0.1, 0.15) is 15.9 Å². The maximum atomic E-state index is 14.2. The fourth-order valence-corrected chi connectivity index (χ4v) is 2.19. The molecule has 0 aliphatic rings. The fraction of sp³-hybridized carbons (Fsp3) is 0.200. The van der Waals surface area contributed by atoms with Crippen LogP contribution in [0.2, 0.25) is 0 Å². The zero-order chi connectivity index (χ0) is 18.8. The van der Waals surface area contributed by atoms with E-state index in [0.29, 0.717) is 0 Å². The number of benzene rings is 1. The van der Waals surface area contributed by atoms with Gasteiger partial charge in [0.25, 0.3) is 5.91 Å². The Balaban J connectivity index is 2.70. The van der Waals surface area contributed by atoms with Crippen LogP contribution in [0, 0.1) is 5.82 Å². The molecule has 2 rings (SSSR count). The number of primary amides is 1. The molecule has 0 unspecified atom stereocenters. The smallest absolute Gasteiger partial charge is 0.396 e. The van der Waals surface area contributed by atoms with Gasteiger partial charge in [0.05, 0.1) is 22.5 Å². The topological polar surface area (TPSA) is 120 Å². The number of alkyl halides is 3. The summed E-state index contributed by atoms with van der Waals surface area (Å²) in [6.45, 7) is 0.290. The number of nitrogens with two attached hydrogens (primary N) is 3. The number of rotatable bonds is 5. The zero-order valence-electron chi connectivity index (χ0n) is 12.8. The van der Waals surface area contributed by atoms with Crippen LogP contribution in [0.4, 0.5) is 29.1 Å². The van der Waals surface area contributed by atoms with Crippen molar-refractivity contribution in [2.45, 2.75) is 6.18 Å². The monoisotopic (exact) mass is 357 g/mol. The molecule has 134 valence electrons. The highest BCUT2D eigenvalue weighted by atomic mass is 19.4. The predicted octanol–water partition coefficient (Wildman–Crippen LogP) is 1.96. The van der Waals surface area contributed by atoms with Gasteiger partial charge in [0.15, 0.2) is 11.6 Å². The number of hydrogen-bond donors (Lipinski definition) is 4. The zero-order valence-corrected chi connectivity index (χ0v) is 12.8. The van der Waals surface area contributed by atoms with Gasteiger partial charge >= 0.3 is 6.18 Å². The number of pyridine rings is 1. The van der Waals surface area contributed by atoms with E-state index in [2.05, 4.69) is 10.3 Å². The Kier molecular flexibility index (Phi) is 5.12. The number of carbonyl (C=O) groups is 1. The van der Waals surface area contributed by atoms with Crippen molar-refractivity contribution in [2.24, 2.45) is 11.5 Å². The normalized spacial score (nSPS) is 11.4. The summed E-state index contributed by atoms with van der Waals surface area (Å²) >= 11 is 0. The van der Waals surface area contributed by atoms with Crippen LogP contribution in [0.15, 0.2) is 24.3 Å². The lowest BCUT2D eigenvalue weighted by molar-refractivity contribution is -0.137. The third kappa shape index (κ3) is 3.79. The molecule has 1 amide bonds. The molecule has 0 aliphatic carbocycles. The third-order valence-corrected chi connectivity index (χ3v) is 3.32. The molecule has 0 saturated carbocycles.